The topological polar surface area (TPSA) is 91.2 Å². The van der Waals surface area contributed by atoms with E-state index in [0.29, 0.717) is 22.9 Å². The van der Waals surface area contributed by atoms with Gasteiger partial charge in [0.05, 0.1) is 0 Å². The van der Waals surface area contributed by atoms with Crippen molar-refractivity contribution in [3.8, 4) is 5.88 Å². The van der Waals surface area contributed by atoms with E-state index in [1.54, 1.807) is 0 Å². The maximum absolute atomic E-state index is 11.7. The predicted octanol–water partition coefficient (Wildman–Crippen LogP) is 1.78. The van der Waals surface area contributed by atoms with Crippen molar-refractivity contribution in [2.24, 2.45) is 5.73 Å². The summed E-state index contributed by atoms with van der Waals surface area (Å²) in [5, 5.41) is 0.331. The van der Waals surface area contributed by atoms with Crippen LogP contribution in [0.3, 0.4) is 0 Å². The molecule has 0 aliphatic heterocycles. The molecule has 0 aliphatic rings. The normalized spacial score (nSPS) is 12.4. The van der Waals surface area contributed by atoms with Gasteiger partial charge in [0.2, 0.25) is 5.88 Å². The van der Waals surface area contributed by atoms with E-state index in [0.717, 1.165) is 17.8 Å². The first-order chi connectivity index (χ1) is 7.58. The maximum Gasteiger partial charge on any atom is 0.239 e. The lowest BCUT2D eigenvalue weighted by molar-refractivity contribution is 0.0978. The highest BCUT2D eigenvalue weighted by atomic mass is 32.1. The molecular formula is C10H17N3O2S. The van der Waals surface area contributed by atoms with Gasteiger partial charge in [0.15, 0.2) is 10.9 Å². The minimum Gasteiger partial charge on any atom is -0.458 e. The van der Waals surface area contributed by atoms with Crippen LogP contribution < -0.4 is 16.2 Å². The van der Waals surface area contributed by atoms with Crippen LogP contribution in [0.1, 0.15) is 42.8 Å². The van der Waals surface area contributed by atoms with Crippen LogP contribution in [0.2, 0.25) is 0 Å². The van der Waals surface area contributed by atoms with Gasteiger partial charge < -0.3 is 10.5 Å². The average Bonchev–Trinajstić information content (AvgIpc) is 2.59. The number of anilines is 1. The predicted molar refractivity (Wildman–Crippen MR) is 64.7 cm³/mol. The standard InChI is InChI=1S/C10H17N3O2S/c1-3-5-6(14)8-9(13-10(12)16-8)15-7(11)4-2/h7H,3-5,11H2,1-2H3,(H2,12,13). The molecule has 0 bridgehead atoms. The molecule has 1 aromatic rings. The number of nitrogens with zero attached hydrogens (tertiary/aromatic N) is 1. The van der Waals surface area contributed by atoms with E-state index >= 15 is 0 Å². The van der Waals surface area contributed by atoms with Crippen LogP contribution in [0.4, 0.5) is 5.13 Å². The van der Waals surface area contributed by atoms with E-state index in [2.05, 4.69) is 4.98 Å². The summed E-state index contributed by atoms with van der Waals surface area (Å²) in [5.74, 6) is 0.283. The zero-order valence-corrected chi connectivity index (χ0v) is 10.3. The van der Waals surface area contributed by atoms with Crippen molar-refractivity contribution in [2.45, 2.75) is 39.3 Å². The summed E-state index contributed by atoms with van der Waals surface area (Å²) in [7, 11) is 0. The Morgan fingerprint density at radius 2 is 2.25 bits per heavy atom. The van der Waals surface area contributed by atoms with Crippen molar-refractivity contribution in [1.82, 2.24) is 4.98 Å². The molecule has 0 radical (unpaired) electrons. The molecule has 6 heteroatoms. The van der Waals surface area contributed by atoms with Crippen molar-refractivity contribution in [3.05, 3.63) is 4.88 Å². The molecule has 0 amide bonds. The second-order valence-corrected chi connectivity index (χ2v) is 4.45. The SMILES string of the molecule is CCCC(=O)c1sc(N)nc1OC(N)CC. The van der Waals surface area contributed by atoms with Crippen LogP contribution in [0.25, 0.3) is 0 Å². The van der Waals surface area contributed by atoms with Crippen LogP contribution in [-0.2, 0) is 0 Å². The van der Waals surface area contributed by atoms with E-state index in [9.17, 15) is 4.79 Å². The van der Waals surface area contributed by atoms with E-state index in [-0.39, 0.29) is 11.7 Å². The quantitative estimate of drug-likeness (QED) is 0.587. The van der Waals surface area contributed by atoms with Crippen molar-refractivity contribution >= 4 is 22.3 Å². The van der Waals surface area contributed by atoms with Crippen LogP contribution in [0, 0.1) is 0 Å². The number of ketones is 1. The van der Waals surface area contributed by atoms with Gasteiger partial charge in [-0.15, -0.1) is 0 Å². The summed E-state index contributed by atoms with van der Waals surface area (Å²) in [4.78, 5) is 16.2. The molecule has 0 saturated heterocycles. The molecule has 4 N–H and O–H groups in total. The van der Waals surface area contributed by atoms with Gasteiger partial charge >= 0.3 is 0 Å². The Morgan fingerprint density at radius 3 is 2.81 bits per heavy atom. The van der Waals surface area contributed by atoms with Crippen molar-refractivity contribution < 1.29 is 9.53 Å². The molecule has 1 heterocycles. The molecular weight excluding hydrogens is 226 g/mol. The Bertz CT molecular complexity index is 365. The lowest BCUT2D eigenvalue weighted by Gasteiger charge is -2.10. The second-order valence-electron chi connectivity index (χ2n) is 3.42. The fraction of sp³-hybridized carbons (Fsp3) is 0.600. The molecule has 1 aromatic heterocycles. The van der Waals surface area contributed by atoms with Gasteiger partial charge in [0, 0.05) is 6.42 Å². The van der Waals surface area contributed by atoms with Gasteiger partial charge in [-0.1, -0.05) is 25.2 Å². The largest absolute Gasteiger partial charge is 0.458 e. The number of rotatable bonds is 6. The zero-order valence-electron chi connectivity index (χ0n) is 9.53. The Balaban J connectivity index is 2.86. The highest BCUT2D eigenvalue weighted by Gasteiger charge is 2.19. The van der Waals surface area contributed by atoms with Gasteiger partial charge in [0.1, 0.15) is 11.1 Å². The summed E-state index contributed by atoms with van der Waals surface area (Å²) >= 11 is 1.15. The number of hydrogen-bond acceptors (Lipinski definition) is 6. The van der Waals surface area contributed by atoms with Gasteiger partial charge in [0.25, 0.3) is 0 Å². The fourth-order valence-electron chi connectivity index (χ4n) is 1.15. The molecule has 1 atom stereocenters. The molecule has 16 heavy (non-hydrogen) atoms. The minimum atomic E-state index is -0.449. The fourth-order valence-corrected chi connectivity index (χ4v) is 1.88. The lowest BCUT2D eigenvalue weighted by atomic mass is 10.2. The van der Waals surface area contributed by atoms with Gasteiger partial charge in [-0.3, -0.25) is 10.5 Å². The number of carbonyl (C=O) groups excluding carboxylic acids is 1. The number of thiazole rings is 1. The van der Waals surface area contributed by atoms with Crippen LogP contribution in [0.5, 0.6) is 5.88 Å². The third-order valence-corrected chi connectivity index (χ3v) is 2.92. The van der Waals surface area contributed by atoms with Crippen LogP contribution >= 0.6 is 11.3 Å². The molecule has 0 aliphatic carbocycles. The first kappa shape index (κ1) is 12.9. The molecule has 1 unspecified atom stereocenters. The molecule has 0 aromatic carbocycles. The van der Waals surface area contributed by atoms with E-state index in [4.69, 9.17) is 16.2 Å². The number of ether oxygens (including phenoxy) is 1. The molecule has 0 fully saturated rings. The van der Waals surface area contributed by atoms with Crippen LogP contribution in [0.15, 0.2) is 0 Å². The third-order valence-electron chi connectivity index (χ3n) is 2.01. The van der Waals surface area contributed by atoms with Crippen molar-refractivity contribution in [2.75, 3.05) is 5.73 Å². The Kier molecular flexibility index (Phi) is 4.70. The van der Waals surface area contributed by atoms with E-state index in [1.165, 1.54) is 0 Å². The second kappa shape index (κ2) is 5.81. The summed E-state index contributed by atoms with van der Waals surface area (Å²) in [5.41, 5.74) is 11.2. The molecule has 0 spiro atoms. The zero-order chi connectivity index (χ0) is 12.1. The average molecular weight is 243 g/mol. The number of nitrogen functional groups attached to an aromatic ring is 1. The summed E-state index contributed by atoms with van der Waals surface area (Å²) in [6, 6.07) is 0. The van der Waals surface area contributed by atoms with E-state index in [1.807, 2.05) is 13.8 Å². The molecule has 5 nitrogen and oxygen atoms in total. The third kappa shape index (κ3) is 3.18. The Morgan fingerprint density at radius 1 is 1.56 bits per heavy atom. The summed E-state index contributed by atoms with van der Waals surface area (Å²) in [6.07, 6.45) is 1.46. The maximum atomic E-state index is 11.7. The first-order valence-corrected chi connectivity index (χ1v) is 6.11. The number of hydrogen-bond donors (Lipinski definition) is 2. The van der Waals surface area contributed by atoms with Gasteiger partial charge in [-0.2, -0.15) is 4.98 Å². The number of aromatic nitrogens is 1. The summed E-state index contributed by atoms with van der Waals surface area (Å²) < 4.78 is 5.36. The van der Waals surface area contributed by atoms with Crippen molar-refractivity contribution in [3.63, 3.8) is 0 Å². The summed E-state index contributed by atoms with van der Waals surface area (Å²) in [6.45, 7) is 3.84. The van der Waals surface area contributed by atoms with Gasteiger partial charge in [-0.05, 0) is 12.8 Å². The minimum absolute atomic E-state index is 0.00926. The number of nitrogens with two attached hydrogens (primary N) is 2. The monoisotopic (exact) mass is 243 g/mol. The van der Waals surface area contributed by atoms with Gasteiger partial charge in [-0.25, -0.2) is 0 Å². The smallest absolute Gasteiger partial charge is 0.239 e. The molecule has 0 saturated carbocycles. The van der Waals surface area contributed by atoms with Crippen molar-refractivity contribution in [1.29, 1.82) is 0 Å². The Hall–Kier alpha value is -1.14. The Labute approximate surface area is 98.8 Å². The number of Topliss-reactive ketones (excluding diaryl/α,β-unsaturated/α-hetero) is 1. The first-order valence-electron chi connectivity index (χ1n) is 5.30. The highest BCUT2D eigenvalue weighted by molar-refractivity contribution is 7.17. The number of carbonyl (C=O) groups is 1. The highest BCUT2D eigenvalue weighted by Crippen LogP contribution is 2.29. The van der Waals surface area contributed by atoms with Crippen LogP contribution in [-0.4, -0.2) is 17.0 Å². The molecule has 1 rings (SSSR count). The van der Waals surface area contributed by atoms with E-state index < -0.39 is 6.23 Å². The lowest BCUT2D eigenvalue weighted by Crippen LogP contribution is -2.26. The molecule has 90 valence electrons.